The summed E-state index contributed by atoms with van der Waals surface area (Å²) in [5.74, 6) is 0.813. The van der Waals surface area contributed by atoms with E-state index in [9.17, 15) is 0 Å². The third-order valence-corrected chi connectivity index (χ3v) is 2.77. The second kappa shape index (κ2) is 6.57. The molecule has 100 valence electrons. The molecule has 0 aliphatic rings. The van der Waals surface area contributed by atoms with Crippen LogP contribution in [0.5, 0.6) is 0 Å². The van der Waals surface area contributed by atoms with Gasteiger partial charge in [-0.3, -0.25) is 5.41 Å². The molecule has 2 rings (SSSR count). The predicted molar refractivity (Wildman–Crippen MR) is 85.0 cm³/mol. The third-order valence-electron chi connectivity index (χ3n) is 2.77. The second-order valence-electron chi connectivity index (χ2n) is 4.45. The van der Waals surface area contributed by atoms with Crippen LogP contribution in [0.4, 0.5) is 0 Å². The Labute approximate surface area is 119 Å². The number of nitrogens with zero attached hydrogens (tertiary/aromatic N) is 2. The van der Waals surface area contributed by atoms with Crippen LogP contribution in [-0.4, -0.2) is 17.4 Å². The van der Waals surface area contributed by atoms with E-state index in [2.05, 4.69) is 9.98 Å². The van der Waals surface area contributed by atoms with Gasteiger partial charge in [0.1, 0.15) is 5.84 Å². The van der Waals surface area contributed by atoms with Gasteiger partial charge in [0.15, 0.2) is 5.84 Å². The van der Waals surface area contributed by atoms with E-state index in [1.807, 2.05) is 67.6 Å². The number of hydrogen-bond acceptors (Lipinski definition) is 1. The summed E-state index contributed by atoms with van der Waals surface area (Å²) in [6, 6.07) is 19.7. The summed E-state index contributed by atoms with van der Waals surface area (Å²) in [7, 11) is 0. The van der Waals surface area contributed by atoms with Gasteiger partial charge in [0, 0.05) is 11.3 Å². The molecule has 0 fully saturated rings. The van der Waals surface area contributed by atoms with Crippen molar-refractivity contribution in [2.75, 3.05) is 0 Å². The highest BCUT2D eigenvalue weighted by Crippen LogP contribution is 2.07. The predicted octanol–water partition coefficient (Wildman–Crippen LogP) is 3.94. The fourth-order valence-electron chi connectivity index (χ4n) is 1.80. The lowest BCUT2D eigenvalue weighted by atomic mass is 10.1. The maximum atomic E-state index is 7.57. The number of benzene rings is 2. The summed E-state index contributed by atoms with van der Waals surface area (Å²) >= 11 is 0. The van der Waals surface area contributed by atoms with Crippen LogP contribution in [0.15, 0.2) is 70.6 Å². The number of aliphatic imine (C=N–C) groups is 2. The fourth-order valence-corrected chi connectivity index (χ4v) is 1.80. The molecular formula is C17H17N3. The van der Waals surface area contributed by atoms with Gasteiger partial charge in [-0.1, -0.05) is 60.7 Å². The first kappa shape index (κ1) is 13.9. The molecule has 0 aromatic heterocycles. The van der Waals surface area contributed by atoms with Gasteiger partial charge in [-0.25, -0.2) is 9.98 Å². The van der Waals surface area contributed by atoms with Crippen LogP contribution in [0, 0.1) is 5.41 Å². The van der Waals surface area contributed by atoms with E-state index < -0.39 is 0 Å². The van der Waals surface area contributed by atoms with Gasteiger partial charge in [0.25, 0.3) is 0 Å². The lowest BCUT2D eigenvalue weighted by Crippen LogP contribution is -2.05. The van der Waals surface area contributed by atoms with Gasteiger partial charge < -0.3 is 0 Å². The van der Waals surface area contributed by atoms with Crippen molar-refractivity contribution in [3.63, 3.8) is 0 Å². The van der Waals surface area contributed by atoms with Crippen LogP contribution < -0.4 is 0 Å². The smallest absolute Gasteiger partial charge is 0.161 e. The summed E-state index contributed by atoms with van der Waals surface area (Å²) in [6.07, 6.45) is 0. The van der Waals surface area contributed by atoms with Gasteiger partial charge in [0.05, 0.1) is 0 Å². The van der Waals surface area contributed by atoms with Gasteiger partial charge >= 0.3 is 0 Å². The van der Waals surface area contributed by atoms with E-state index in [-0.39, 0.29) is 5.84 Å². The molecule has 0 bridgehead atoms. The fraction of sp³-hybridized carbons (Fsp3) is 0.118. The van der Waals surface area contributed by atoms with E-state index in [0.717, 1.165) is 16.8 Å². The van der Waals surface area contributed by atoms with Crippen LogP contribution >= 0.6 is 0 Å². The molecule has 0 spiro atoms. The molecule has 0 saturated heterocycles. The number of rotatable bonds is 2. The molecule has 2 aromatic rings. The first-order valence-electron chi connectivity index (χ1n) is 6.47. The molecule has 0 amide bonds. The van der Waals surface area contributed by atoms with Gasteiger partial charge in [-0.2, -0.15) is 0 Å². The third kappa shape index (κ3) is 3.72. The molecule has 2 aromatic carbocycles. The number of hydrogen-bond donors (Lipinski definition) is 1. The first-order chi connectivity index (χ1) is 9.66. The quantitative estimate of drug-likeness (QED) is 0.630. The van der Waals surface area contributed by atoms with E-state index in [4.69, 9.17) is 5.41 Å². The molecule has 0 heterocycles. The monoisotopic (exact) mass is 263 g/mol. The highest BCUT2D eigenvalue weighted by Gasteiger charge is 2.04. The molecule has 0 atom stereocenters. The SMILES string of the molecule is CC(=N)N=C(N=C(C)c1ccccc1)c1ccccc1. The van der Waals surface area contributed by atoms with Crippen molar-refractivity contribution in [2.24, 2.45) is 9.98 Å². The van der Waals surface area contributed by atoms with Gasteiger partial charge in [-0.15, -0.1) is 0 Å². The minimum Gasteiger partial charge on any atom is -0.287 e. The highest BCUT2D eigenvalue weighted by atomic mass is 14.9. The number of amidine groups is 2. The Morgan fingerprint density at radius 1 is 0.750 bits per heavy atom. The molecule has 0 aliphatic heterocycles. The normalized spacial score (nSPS) is 12.3. The van der Waals surface area contributed by atoms with Crippen molar-refractivity contribution in [2.45, 2.75) is 13.8 Å². The zero-order chi connectivity index (χ0) is 14.4. The van der Waals surface area contributed by atoms with E-state index in [1.165, 1.54) is 0 Å². The molecule has 3 nitrogen and oxygen atoms in total. The average Bonchev–Trinajstić information content (AvgIpc) is 2.48. The summed E-state index contributed by atoms with van der Waals surface area (Å²) in [5, 5.41) is 7.57. The van der Waals surface area contributed by atoms with Crippen molar-refractivity contribution >= 4 is 17.4 Å². The Morgan fingerprint density at radius 2 is 1.25 bits per heavy atom. The summed E-state index contributed by atoms with van der Waals surface area (Å²) < 4.78 is 0. The molecule has 1 N–H and O–H groups in total. The first-order valence-corrected chi connectivity index (χ1v) is 6.47. The van der Waals surface area contributed by atoms with Gasteiger partial charge in [-0.05, 0) is 19.4 Å². The molecule has 0 radical (unpaired) electrons. The second-order valence-corrected chi connectivity index (χ2v) is 4.45. The average molecular weight is 263 g/mol. The standard InChI is InChI=1S/C17H17N3/c1-13(15-9-5-3-6-10-15)19-17(20-14(2)18)16-11-7-4-8-12-16/h3-12,18H,1-2H3. The van der Waals surface area contributed by atoms with Crippen LogP contribution in [0.3, 0.4) is 0 Å². The Morgan fingerprint density at radius 3 is 1.75 bits per heavy atom. The van der Waals surface area contributed by atoms with Crippen LogP contribution in [0.2, 0.25) is 0 Å². The maximum absolute atomic E-state index is 7.57. The van der Waals surface area contributed by atoms with Crippen molar-refractivity contribution in [1.29, 1.82) is 5.41 Å². The van der Waals surface area contributed by atoms with Crippen molar-refractivity contribution in [1.82, 2.24) is 0 Å². The van der Waals surface area contributed by atoms with E-state index in [1.54, 1.807) is 6.92 Å². The number of nitrogens with one attached hydrogen (secondary N) is 1. The molecule has 3 heteroatoms. The van der Waals surface area contributed by atoms with E-state index in [0.29, 0.717) is 5.84 Å². The molecular weight excluding hydrogens is 246 g/mol. The Hall–Kier alpha value is -2.55. The van der Waals surface area contributed by atoms with Crippen molar-refractivity contribution in [3.05, 3.63) is 71.8 Å². The van der Waals surface area contributed by atoms with Crippen molar-refractivity contribution in [3.8, 4) is 0 Å². The zero-order valence-electron chi connectivity index (χ0n) is 11.7. The van der Waals surface area contributed by atoms with Gasteiger partial charge in [0.2, 0.25) is 0 Å². The van der Waals surface area contributed by atoms with Crippen LogP contribution in [0.1, 0.15) is 25.0 Å². The summed E-state index contributed by atoms with van der Waals surface area (Å²) in [6.45, 7) is 3.60. The lowest BCUT2D eigenvalue weighted by molar-refractivity contribution is 1.38. The molecule has 20 heavy (non-hydrogen) atoms. The largest absolute Gasteiger partial charge is 0.287 e. The van der Waals surface area contributed by atoms with E-state index >= 15 is 0 Å². The molecule has 0 aliphatic carbocycles. The summed E-state index contributed by atoms with van der Waals surface area (Å²) in [4.78, 5) is 8.81. The van der Waals surface area contributed by atoms with Crippen LogP contribution in [0.25, 0.3) is 0 Å². The minimum atomic E-state index is 0.244. The Kier molecular flexibility index (Phi) is 4.56. The minimum absolute atomic E-state index is 0.244. The maximum Gasteiger partial charge on any atom is 0.161 e. The topological polar surface area (TPSA) is 48.6 Å². The Balaban J connectivity index is 2.42. The summed E-state index contributed by atoms with van der Waals surface area (Å²) in [5.41, 5.74) is 2.85. The zero-order valence-corrected chi connectivity index (χ0v) is 11.7. The lowest BCUT2D eigenvalue weighted by Gasteiger charge is -2.04. The molecule has 0 saturated carbocycles. The van der Waals surface area contributed by atoms with Crippen LogP contribution in [-0.2, 0) is 0 Å². The van der Waals surface area contributed by atoms with Crippen molar-refractivity contribution < 1.29 is 0 Å². The highest BCUT2D eigenvalue weighted by molar-refractivity contribution is 6.14. The molecule has 0 unspecified atom stereocenters. The Bertz CT molecular complexity index is 640.